The second kappa shape index (κ2) is 4.76. The van der Waals surface area contributed by atoms with Crippen molar-refractivity contribution < 1.29 is 18.4 Å². The van der Waals surface area contributed by atoms with Crippen molar-refractivity contribution in [2.75, 3.05) is 0 Å². The van der Waals surface area contributed by atoms with Crippen molar-refractivity contribution in [3.05, 3.63) is 55.0 Å². The quantitative estimate of drug-likeness (QED) is 0.416. The van der Waals surface area contributed by atoms with Crippen LogP contribution in [0.15, 0.2) is 63.8 Å². The molecular formula is C17H9N7O2+2. The minimum Gasteiger partial charge on any atom is -0.449 e. The van der Waals surface area contributed by atoms with E-state index in [4.69, 9.17) is 8.83 Å². The van der Waals surface area contributed by atoms with Gasteiger partial charge in [0.25, 0.3) is 0 Å². The van der Waals surface area contributed by atoms with Crippen molar-refractivity contribution in [1.82, 2.24) is 25.6 Å². The van der Waals surface area contributed by atoms with Crippen LogP contribution in [-0.4, -0.2) is 25.6 Å². The molecule has 0 bridgehead atoms. The summed E-state index contributed by atoms with van der Waals surface area (Å²) in [5.41, 5.74) is 3.75. The highest BCUT2D eigenvalue weighted by atomic mass is 16.3. The maximum absolute atomic E-state index is 5.83. The van der Waals surface area contributed by atoms with Crippen LogP contribution in [0.1, 0.15) is 0 Å². The number of nitrogens with zero attached hydrogens (tertiary/aromatic N) is 7. The molecule has 0 unspecified atom stereocenters. The average molecular weight is 343 g/mol. The molecule has 5 aromatic heterocycles. The van der Waals surface area contributed by atoms with Gasteiger partial charge in [0, 0.05) is 6.20 Å². The summed E-state index contributed by atoms with van der Waals surface area (Å²) in [4.78, 5) is 7.04. The van der Waals surface area contributed by atoms with Crippen LogP contribution < -0.4 is 9.58 Å². The Labute approximate surface area is 144 Å². The van der Waals surface area contributed by atoms with E-state index in [9.17, 15) is 0 Å². The third-order valence-electron chi connectivity index (χ3n) is 4.21. The predicted octanol–water partition coefficient (Wildman–Crippen LogP) is 1.35. The van der Waals surface area contributed by atoms with E-state index in [-0.39, 0.29) is 0 Å². The molecule has 0 spiro atoms. The summed E-state index contributed by atoms with van der Waals surface area (Å²) in [6.07, 6.45) is 5.04. The van der Waals surface area contributed by atoms with Gasteiger partial charge < -0.3 is 8.83 Å². The highest BCUT2D eigenvalue weighted by Gasteiger charge is 2.23. The lowest BCUT2D eigenvalue weighted by atomic mass is 10.2. The highest BCUT2D eigenvalue weighted by Crippen LogP contribution is 2.25. The van der Waals surface area contributed by atoms with Gasteiger partial charge in [0.1, 0.15) is 5.58 Å². The third-order valence-corrected chi connectivity index (χ3v) is 4.21. The predicted molar refractivity (Wildman–Crippen MR) is 87.6 cm³/mol. The normalized spacial score (nSPS) is 11.8. The number of rotatable bonds is 1. The second-order valence-corrected chi connectivity index (χ2v) is 5.76. The van der Waals surface area contributed by atoms with E-state index in [2.05, 4.69) is 25.6 Å². The zero-order valence-corrected chi connectivity index (χ0v) is 13.1. The molecule has 0 radical (unpaired) electrons. The molecule has 0 saturated heterocycles. The van der Waals surface area contributed by atoms with Crippen molar-refractivity contribution in [3.63, 3.8) is 0 Å². The van der Waals surface area contributed by atoms with E-state index < -0.39 is 0 Å². The molecule has 122 valence electrons. The van der Waals surface area contributed by atoms with Crippen LogP contribution in [-0.2, 0) is 0 Å². The van der Waals surface area contributed by atoms with E-state index >= 15 is 0 Å². The number of hydrogen-bond acceptors (Lipinski definition) is 7. The molecule has 0 fully saturated rings. The average Bonchev–Trinajstić information content (AvgIpc) is 3.24. The molecular weight excluding hydrogens is 334 g/mol. The van der Waals surface area contributed by atoms with E-state index in [0.717, 1.165) is 16.4 Å². The molecule has 0 aliphatic carbocycles. The van der Waals surface area contributed by atoms with Crippen molar-refractivity contribution in [2.45, 2.75) is 0 Å². The first-order valence-corrected chi connectivity index (χ1v) is 7.87. The van der Waals surface area contributed by atoms with Crippen molar-refractivity contribution in [2.24, 2.45) is 0 Å². The number of fused-ring (bicyclic) bond motifs is 6. The SMILES string of the molecule is c1ccc2c(c1)oc1c[n+](-[n+]3cc4oc5ncccc5c4nn3)nnc12. The van der Waals surface area contributed by atoms with Gasteiger partial charge in [-0.1, -0.05) is 12.1 Å². The van der Waals surface area contributed by atoms with Gasteiger partial charge in [-0.3, -0.25) is 0 Å². The van der Waals surface area contributed by atoms with Crippen LogP contribution in [0.2, 0.25) is 0 Å². The number of aromatic nitrogens is 7. The number of para-hydroxylation sites is 1. The lowest BCUT2D eigenvalue weighted by Gasteiger charge is -1.87. The van der Waals surface area contributed by atoms with Gasteiger partial charge in [0.05, 0.1) is 30.6 Å². The largest absolute Gasteiger partial charge is 0.449 e. The Morgan fingerprint density at radius 2 is 1.38 bits per heavy atom. The summed E-state index contributed by atoms with van der Waals surface area (Å²) >= 11 is 0. The number of furan rings is 2. The first-order chi connectivity index (χ1) is 12.9. The summed E-state index contributed by atoms with van der Waals surface area (Å²) < 4.78 is 11.6. The van der Waals surface area contributed by atoms with Gasteiger partial charge in [-0.15, -0.1) is 0 Å². The molecule has 0 N–H and O–H groups in total. The maximum Gasteiger partial charge on any atom is 0.247 e. The van der Waals surface area contributed by atoms with Gasteiger partial charge in [-0.25, -0.2) is 4.98 Å². The van der Waals surface area contributed by atoms with Gasteiger partial charge in [0.2, 0.25) is 38.3 Å². The maximum atomic E-state index is 5.83. The fourth-order valence-electron chi connectivity index (χ4n) is 3.01. The lowest BCUT2D eigenvalue weighted by Crippen LogP contribution is -2.70. The Morgan fingerprint density at radius 3 is 2.23 bits per heavy atom. The van der Waals surface area contributed by atoms with Crippen LogP contribution >= 0.6 is 0 Å². The first-order valence-electron chi connectivity index (χ1n) is 7.87. The monoisotopic (exact) mass is 343 g/mol. The van der Waals surface area contributed by atoms with Crippen LogP contribution in [0.3, 0.4) is 0 Å². The van der Waals surface area contributed by atoms with E-state index in [1.165, 1.54) is 9.58 Å². The molecule has 5 heterocycles. The molecule has 9 nitrogen and oxygen atoms in total. The van der Waals surface area contributed by atoms with Crippen LogP contribution in [0, 0.1) is 0 Å². The van der Waals surface area contributed by atoms with Crippen LogP contribution in [0.25, 0.3) is 44.3 Å². The fraction of sp³-hybridized carbons (Fsp3) is 0. The van der Waals surface area contributed by atoms with E-state index in [1.807, 2.05) is 36.4 Å². The summed E-state index contributed by atoms with van der Waals surface area (Å²) in [5.74, 6) is 0. The smallest absolute Gasteiger partial charge is 0.247 e. The summed E-state index contributed by atoms with van der Waals surface area (Å²) in [5, 5.41) is 18.5. The lowest BCUT2D eigenvalue weighted by molar-refractivity contribution is -1.34. The minimum atomic E-state index is 0.512. The molecule has 6 aromatic rings. The Balaban J connectivity index is 1.57. The summed E-state index contributed by atoms with van der Waals surface area (Å²) in [7, 11) is 0. The molecule has 1 aromatic carbocycles. The van der Waals surface area contributed by atoms with Gasteiger partial charge >= 0.3 is 0 Å². The molecule has 0 amide bonds. The summed E-state index contributed by atoms with van der Waals surface area (Å²) in [6, 6.07) is 11.4. The third kappa shape index (κ3) is 1.76. The van der Waals surface area contributed by atoms with E-state index in [0.29, 0.717) is 27.9 Å². The van der Waals surface area contributed by atoms with E-state index in [1.54, 1.807) is 18.6 Å². The standard InChI is InChI=1S/C17H9N7O2/c1-2-6-12-10(4-1)15-13(25-12)8-23(21-19-15)24-9-14-16(20-22-24)11-5-3-7-18-17(11)26-14/h1-9H/q+2. The first kappa shape index (κ1) is 13.3. The summed E-state index contributed by atoms with van der Waals surface area (Å²) in [6.45, 7) is 0. The van der Waals surface area contributed by atoms with Crippen LogP contribution in [0.4, 0.5) is 0 Å². The molecule has 9 heteroatoms. The molecule has 0 atom stereocenters. The Morgan fingerprint density at radius 1 is 0.692 bits per heavy atom. The van der Waals surface area contributed by atoms with Crippen molar-refractivity contribution in [1.29, 1.82) is 0 Å². The van der Waals surface area contributed by atoms with Crippen molar-refractivity contribution >= 4 is 44.3 Å². The molecule has 0 aliphatic heterocycles. The highest BCUT2D eigenvalue weighted by molar-refractivity contribution is 6.01. The van der Waals surface area contributed by atoms with Gasteiger partial charge in [-0.2, -0.15) is 0 Å². The molecule has 26 heavy (non-hydrogen) atoms. The Hall–Kier alpha value is -4.01. The number of pyridine rings is 1. The minimum absolute atomic E-state index is 0.512. The Kier molecular flexibility index (Phi) is 2.43. The fourth-order valence-corrected chi connectivity index (χ4v) is 3.01. The molecule has 0 saturated carbocycles. The Bertz CT molecular complexity index is 1340. The topological polar surface area (TPSA) is 98.5 Å². The zero-order valence-electron chi connectivity index (χ0n) is 13.1. The second-order valence-electron chi connectivity index (χ2n) is 5.76. The van der Waals surface area contributed by atoms with Crippen molar-refractivity contribution in [3.8, 4) is 0 Å². The molecule has 6 rings (SSSR count). The van der Waals surface area contributed by atoms with Gasteiger partial charge in [0.15, 0.2) is 12.4 Å². The number of hydrogen-bond donors (Lipinski definition) is 0. The zero-order chi connectivity index (χ0) is 17.1. The van der Waals surface area contributed by atoms with Crippen LogP contribution in [0.5, 0.6) is 0 Å². The molecule has 0 aliphatic rings. The number of benzene rings is 1. The van der Waals surface area contributed by atoms with Gasteiger partial charge in [-0.05, 0) is 24.3 Å².